The Morgan fingerprint density at radius 1 is 1.13 bits per heavy atom. The van der Waals surface area contributed by atoms with Crippen molar-refractivity contribution in [1.29, 1.82) is 0 Å². The van der Waals surface area contributed by atoms with Gasteiger partial charge in [0.1, 0.15) is 24.3 Å². The molecule has 0 saturated carbocycles. The van der Waals surface area contributed by atoms with Gasteiger partial charge in [0.25, 0.3) is 5.91 Å². The molecular formula is C26H25N11O2. The monoisotopic (exact) mass is 523 g/mol. The Morgan fingerprint density at radius 3 is 2.59 bits per heavy atom. The molecule has 13 heteroatoms. The molecule has 2 bridgehead atoms. The van der Waals surface area contributed by atoms with E-state index in [1.54, 1.807) is 24.9 Å². The first-order valence-corrected chi connectivity index (χ1v) is 12.8. The van der Waals surface area contributed by atoms with Crippen molar-refractivity contribution in [1.82, 2.24) is 49.2 Å². The summed E-state index contributed by atoms with van der Waals surface area (Å²) in [5.74, 6) is 0.920. The quantitative estimate of drug-likeness (QED) is 0.329. The maximum Gasteiger partial charge on any atom is 0.292 e. The minimum absolute atomic E-state index is 0.0229. The number of aromatic nitrogens is 9. The maximum absolute atomic E-state index is 13.1. The smallest absolute Gasteiger partial charge is 0.292 e. The molecular weight excluding hydrogens is 498 g/mol. The molecule has 3 N–H and O–H groups in total. The van der Waals surface area contributed by atoms with Gasteiger partial charge >= 0.3 is 0 Å². The Hall–Kier alpha value is -4.94. The maximum atomic E-state index is 13.1. The summed E-state index contributed by atoms with van der Waals surface area (Å²) in [5, 5.41) is 12.1. The highest BCUT2D eigenvalue weighted by Gasteiger charge is 2.45. The zero-order chi connectivity index (χ0) is 26.7. The summed E-state index contributed by atoms with van der Waals surface area (Å²) in [7, 11) is 0. The van der Waals surface area contributed by atoms with E-state index in [9.17, 15) is 9.59 Å². The van der Waals surface area contributed by atoms with Gasteiger partial charge in [-0.3, -0.25) is 14.2 Å². The predicted molar refractivity (Wildman–Crippen MR) is 139 cm³/mol. The summed E-state index contributed by atoms with van der Waals surface area (Å²) in [6.45, 7) is 1.50. The van der Waals surface area contributed by atoms with E-state index in [4.69, 9.17) is 10.7 Å². The number of nitrogens with zero attached hydrogens (tertiary/aromatic N) is 9. The van der Waals surface area contributed by atoms with Crippen molar-refractivity contribution in [3.8, 4) is 16.9 Å². The Bertz CT molecular complexity index is 1680. The van der Waals surface area contributed by atoms with Gasteiger partial charge in [-0.05, 0) is 44.7 Å². The van der Waals surface area contributed by atoms with Crippen LogP contribution in [-0.4, -0.2) is 73.0 Å². The molecule has 2 saturated heterocycles. The van der Waals surface area contributed by atoms with Crippen LogP contribution in [0.1, 0.15) is 65.2 Å². The van der Waals surface area contributed by atoms with Crippen LogP contribution in [0.3, 0.4) is 0 Å². The number of hydrogen-bond donors (Lipinski definition) is 2. The van der Waals surface area contributed by atoms with Crippen LogP contribution in [-0.2, 0) is 0 Å². The van der Waals surface area contributed by atoms with Crippen molar-refractivity contribution in [3.63, 3.8) is 0 Å². The number of nitrogen functional groups attached to an aromatic ring is 1. The van der Waals surface area contributed by atoms with E-state index >= 15 is 0 Å². The second kappa shape index (κ2) is 8.82. The number of anilines is 1. The highest BCUT2D eigenvalue weighted by Crippen LogP contribution is 2.45. The number of piperidine rings is 1. The number of nitrogens with one attached hydrogen (secondary N) is 1. The Kier molecular flexibility index (Phi) is 5.25. The van der Waals surface area contributed by atoms with Crippen LogP contribution in [0, 0.1) is 0 Å². The third-order valence-electron chi connectivity index (χ3n) is 7.86. The standard InChI is InChI=1S/C26H25N11O2/c1-14(38)21-22(16-8-17-3-4-18(9-16)36(17)26(39)24-30-12-31-34-24)33-25-19(11-32-37(25)23(21)27)15-2-5-20(29-10-15)35-7-6-28-13-35/h2,5-7,10-13,16-18H,3-4,8-9,27H2,1H3,(H,30,31,34)/t16-,17-,18+. The third kappa shape index (κ3) is 3.68. The van der Waals surface area contributed by atoms with Gasteiger partial charge in [0, 0.05) is 47.7 Å². The number of carbonyl (C=O) groups excluding carboxylic acids is 2. The number of aromatic amines is 1. The molecule has 7 heterocycles. The number of fused-ring (bicyclic) bond motifs is 3. The topological polar surface area (TPSA) is 166 Å². The van der Waals surface area contributed by atoms with Crippen molar-refractivity contribution in [2.75, 3.05) is 5.73 Å². The fourth-order valence-electron chi connectivity index (χ4n) is 6.15. The average molecular weight is 524 g/mol. The molecule has 2 fully saturated rings. The number of H-pyrrole nitrogens is 1. The molecule has 7 rings (SSSR count). The molecule has 1 amide bonds. The summed E-state index contributed by atoms with van der Waals surface area (Å²) in [5.41, 5.74) is 9.79. The molecule has 0 unspecified atom stereocenters. The van der Waals surface area contributed by atoms with Crippen molar-refractivity contribution in [3.05, 3.63) is 66.7 Å². The van der Waals surface area contributed by atoms with Gasteiger partial charge < -0.3 is 15.6 Å². The van der Waals surface area contributed by atoms with E-state index in [0.717, 1.165) is 29.8 Å². The summed E-state index contributed by atoms with van der Waals surface area (Å²) in [4.78, 5) is 44.4. The van der Waals surface area contributed by atoms with Crippen LogP contribution in [0.5, 0.6) is 0 Å². The fourth-order valence-corrected chi connectivity index (χ4v) is 6.15. The van der Waals surface area contributed by atoms with E-state index in [2.05, 4.69) is 30.2 Å². The van der Waals surface area contributed by atoms with Gasteiger partial charge in [0.05, 0.1) is 17.5 Å². The number of rotatable bonds is 5. The zero-order valence-electron chi connectivity index (χ0n) is 21.1. The van der Waals surface area contributed by atoms with Gasteiger partial charge in [-0.25, -0.2) is 15.0 Å². The van der Waals surface area contributed by atoms with E-state index < -0.39 is 0 Å². The highest BCUT2D eigenvalue weighted by atomic mass is 16.2. The molecule has 5 aromatic rings. The lowest BCUT2D eigenvalue weighted by atomic mass is 9.85. The average Bonchev–Trinajstić information content (AvgIpc) is 3.75. The number of Topliss-reactive ketones (excluding diaryl/α,β-unsaturated/α-hetero) is 1. The van der Waals surface area contributed by atoms with Gasteiger partial charge in [0.15, 0.2) is 11.4 Å². The van der Waals surface area contributed by atoms with Crippen molar-refractivity contribution < 1.29 is 9.59 Å². The van der Waals surface area contributed by atoms with E-state index in [-0.39, 0.29) is 41.3 Å². The second-order valence-corrected chi connectivity index (χ2v) is 10.1. The normalized spacial score (nSPS) is 20.5. The Balaban J connectivity index is 1.27. The molecule has 196 valence electrons. The Labute approximate surface area is 222 Å². The Morgan fingerprint density at radius 2 is 1.95 bits per heavy atom. The molecule has 5 aromatic heterocycles. The number of nitrogens with two attached hydrogens (primary N) is 1. The summed E-state index contributed by atoms with van der Waals surface area (Å²) in [6, 6.07) is 3.89. The largest absolute Gasteiger partial charge is 0.383 e. The molecule has 13 nitrogen and oxygen atoms in total. The number of pyridine rings is 1. The zero-order valence-corrected chi connectivity index (χ0v) is 21.1. The fraction of sp³-hybridized carbons (Fsp3) is 0.308. The molecule has 0 radical (unpaired) electrons. The van der Waals surface area contributed by atoms with Gasteiger partial charge in [-0.2, -0.15) is 9.61 Å². The van der Waals surface area contributed by atoms with E-state index in [1.165, 1.54) is 17.8 Å². The minimum Gasteiger partial charge on any atom is -0.383 e. The SMILES string of the molecule is CC(=O)c1c([C@@H]2C[C@H]3CC[C@@H](C2)N3C(=O)c2nnc[nH]2)nc2c(-c3ccc(-n4ccnc4)nc3)cnn2c1N. The minimum atomic E-state index is -0.159. The van der Waals surface area contributed by atoms with Gasteiger partial charge in [-0.1, -0.05) is 0 Å². The summed E-state index contributed by atoms with van der Waals surface area (Å²) < 4.78 is 3.34. The second-order valence-electron chi connectivity index (χ2n) is 10.1. The molecule has 3 atom stereocenters. The summed E-state index contributed by atoms with van der Waals surface area (Å²) >= 11 is 0. The number of imidazole rings is 1. The van der Waals surface area contributed by atoms with Gasteiger partial charge in [-0.15, -0.1) is 10.2 Å². The lowest BCUT2D eigenvalue weighted by Gasteiger charge is -2.38. The number of ketones is 1. The number of carbonyl (C=O) groups is 2. The van der Waals surface area contributed by atoms with E-state index in [1.807, 2.05) is 27.8 Å². The van der Waals surface area contributed by atoms with Crippen LogP contribution < -0.4 is 5.73 Å². The van der Waals surface area contributed by atoms with Crippen LogP contribution >= 0.6 is 0 Å². The third-order valence-corrected chi connectivity index (χ3v) is 7.86. The van der Waals surface area contributed by atoms with Crippen molar-refractivity contribution in [2.24, 2.45) is 0 Å². The van der Waals surface area contributed by atoms with Crippen LogP contribution in [0.4, 0.5) is 5.82 Å². The van der Waals surface area contributed by atoms with Crippen molar-refractivity contribution in [2.45, 2.75) is 50.6 Å². The summed E-state index contributed by atoms with van der Waals surface area (Å²) in [6.07, 6.45) is 13.2. The number of hydrogen-bond acceptors (Lipinski definition) is 9. The first-order valence-electron chi connectivity index (χ1n) is 12.8. The van der Waals surface area contributed by atoms with Crippen LogP contribution in [0.2, 0.25) is 0 Å². The van der Waals surface area contributed by atoms with E-state index in [0.29, 0.717) is 29.7 Å². The molecule has 0 aromatic carbocycles. The lowest BCUT2D eigenvalue weighted by molar-refractivity contribution is 0.0556. The van der Waals surface area contributed by atoms with Crippen LogP contribution in [0.25, 0.3) is 22.6 Å². The molecule has 39 heavy (non-hydrogen) atoms. The van der Waals surface area contributed by atoms with Crippen LogP contribution in [0.15, 0.2) is 49.6 Å². The number of amides is 1. The molecule has 2 aliphatic heterocycles. The highest BCUT2D eigenvalue weighted by molar-refractivity contribution is 6.00. The molecule has 0 spiro atoms. The molecule has 0 aliphatic carbocycles. The van der Waals surface area contributed by atoms with Crippen molar-refractivity contribution >= 4 is 23.2 Å². The predicted octanol–water partition coefficient (Wildman–Crippen LogP) is 2.43. The first-order chi connectivity index (χ1) is 19.0. The van der Waals surface area contributed by atoms with Gasteiger partial charge in [0.2, 0.25) is 5.82 Å². The molecule has 2 aliphatic rings. The first kappa shape index (κ1) is 23.2. The lowest BCUT2D eigenvalue weighted by Crippen LogP contribution is -2.46.